The SMILES string of the molecule is C[C@@H]1O[C@@H](O[C@@H]2[C@H](O)[C@@H](O)[C@@H](O[C@H]3[C@H](O[C@@H]4[C@H](O)[C@@H](O)[C@@H](O[C@H]5[C@H](O[C@@H]6[C@H](O)[C@@H](O)[C@H](O)O[C@@H]6C(=O)O)O[C@@H](C)[C@H](O[C@@H]6O[C@H](CO)[C@H](O)[C@H](O)[C@H]6O)[C@H]5O)O[C@@H]4C(=O)O)O[C@@H](C)[C@H](O)[C@H]3O)O[C@@H]2C(=O)O)[C@H](O)[C@H](O)[C@H]1O. The lowest BCUT2D eigenvalue weighted by atomic mass is 9.95. The molecule has 0 aromatic carbocycles. The van der Waals surface area contributed by atoms with Gasteiger partial charge in [0.2, 0.25) is 0 Å². The van der Waals surface area contributed by atoms with Crippen molar-refractivity contribution in [3.8, 4) is 0 Å². The first-order chi connectivity index (χ1) is 36.5. The van der Waals surface area contributed by atoms with Gasteiger partial charge >= 0.3 is 17.9 Å². The van der Waals surface area contributed by atoms with E-state index in [-0.39, 0.29) is 0 Å². The summed E-state index contributed by atoms with van der Waals surface area (Å²) in [5, 5.41) is 213. The zero-order chi connectivity index (χ0) is 57.8. The van der Waals surface area contributed by atoms with Crippen LogP contribution in [0.4, 0.5) is 0 Å². The Hall–Kier alpha value is -2.79. The summed E-state index contributed by atoms with van der Waals surface area (Å²) in [7, 11) is 0. The number of ether oxygens (including phenoxy) is 13. The molecule has 7 aliphatic heterocycles. The lowest BCUT2D eigenvalue weighted by Gasteiger charge is -2.50. The van der Waals surface area contributed by atoms with Crippen LogP contribution in [0.5, 0.6) is 0 Å². The predicted molar refractivity (Wildman–Crippen MR) is 229 cm³/mol. The maximum atomic E-state index is 13.0. The maximum Gasteiger partial charge on any atom is 0.335 e. The molecule has 0 unspecified atom stereocenters. The van der Waals surface area contributed by atoms with Crippen LogP contribution in [0.25, 0.3) is 0 Å². The van der Waals surface area contributed by atoms with Gasteiger partial charge in [0.05, 0.1) is 24.9 Å². The minimum absolute atomic E-state index is 0.934. The average molecular weight is 1150 g/mol. The second-order valence-electron chi connectivity index (χ2n) is 19.6. The second-order valence-corrected chi connectivity index (χ2v) is 19.6. The van der Waals surface area contributed by atoms with Crippen LogP contribution in [0.1, 0.15) is 20.8 Å². The van der Waals surface area contributed by atoms with Crippen LogP contribution in [-0.4, -0.2) is 342 Å². The number of hydrogen-bond acceptors (Lipinski definition) is 33. The molecule has 7 aliphatic rings. The summed E-state index contributed by atoms with van der Waals surface area (Å²) in [6.07, 6.45) is -74.0. The van der Waals surface area contributed by atoms with Crippen molar-refractivity contribution in [3.05, 3.63) is 0 Å². The Morgan fingerprint density at radius 2 is 0.615 bits per heavy atom. The van der Waals surface area contributed by atoms with Gasteiger partial charge in [0.25, 0.3) is 0 Å². The quantitative estimate of drug-likeness (QED) is 0.0682. The van der Waals surface area contributed by atoms with E-state index >= 15 is 0 Å². The summed E-state index contributed by atoms with van der Waals surface area (Å²) >= 11 is 0. The molecule has 0 saturated carbocycles. The predicted octanol–water partition coefficient (Wildman–Crippen LogP) is -12.9. The van der Waals surface area contributed by atoms with Crippen molar-refractivity contribution in [2.45, 2.75) is 236 Å². The molecule has 450 valence electrons. The third-order valence-corrected chi connectivity index (χ3v) is 14.3. The van der Waals surface area contributed by atoms with Crippen molar-refractivity contribution in [2.24, 2.45) is 0 Å². The van der Waals surface area contributed by atoms with Crippen LogP contribution >= 0.6 is 0 Å². The van der Waals surface area contributed by atoms with Crippen LogP contribution in [0, 0.1) is 0 Å². The third kappa shape index (κ3) is 12.4. The summed E-state index contributed by atoms with van der Waals surface area (Å²) in [5.74, 6) is -5.82. The average Bonchev–Trinajstić information content (AvgIpc) is 3.40. The van der Waals surface area contributed by atoms with Crippen LogP contribution < -0.4 is 0 Å². The lowest BCUT2D eigenvalue weighted by Crippen LogP contribution is -2.69. The molecular weight excluding hydrogens is 1080 g/mol. The standard InChI is InChI=1S/C42H66O36/c1-5-9(44)12(47)19(54)37(66-5)72-26-16(51)21(56)39(77-31(26)34(61)62)75-28-14(49)10(45)6(2)67-41(28)74-27-17(52)22(57)40(78-32(27)35(63)64)76-29-23(58)24(71-38-20(55)13(48)11(46)8(4-43)69-38)7(3)68-42(29)73-25-15(50)18(53)36(65)70-30(25)33(59)60/h5-32,36-58,65H,4H2,1-3H3,(H,59,60)(H,61,62)(H,63,64)/t5-,6-,7-,8+,9-,10-,11-,12+,13-,14+,15+,16+,17+,18+,19+,20+,21+,22+,23+,24-,25+,26+,27+,28+,29+,30-,31-,32-,36+,37-,38-,39-,40-,41-,42-/m0/s1. The number of aliphatic hydroxyl groups is 17. The monoisotopic (exact) mass is 1150 g/mol. The van der Waals surface area contributed by atoms with Crippen LogP contribution in [-0.2, 0) is 76.0 Å². The molecule has 0 bridgehead atoms. The molecule has 0 spiro atoms. The van der Waals surface area contributed by atoms with Gasteiger partial charge in [-0.15, -0.1) is 0 Å². The van der Waals surface area contributed by atoms with Crippen molar-refractivity contribution in [2.75, 3.05) is 6.61 Å². The van der Waals surface area contributed by atoms with Crippen molar-refractivity contribution in [3.63, 3.8) is 0 Å². The highest BCUT2D eigenvalue weighted by Gasteiger charge is 2.60. The van der Waals surface area contributed by atoms with Crippen LogP contribution in [0.15, 0.2) is 0 Å². The topological polar surface area (TPSA) is 576 Å². The number of carbonyl (C=O) groups is 3. The van der Waals surface area contributed by atoms with E-state index in [1.54, 1.807) is 0 Å². The van der Waals surface area contributed by atoms with Gasteiger partial charge in [0.15, 0.2) is 62.3 Å². The maximum absolute atomic E-state index is 13.0. The molecule has 36 heteroatoms. The van der Waals surface area contributed by atoms with E-state index in [1.165, 1.54) is 13.8 Å². The first kappa shape index (κ1) is 62.8. The first-order valence-corrected chi connectivity index (χ1v) is 24.2. The Morgan fingerprint density at radius 3 is 1.08 bits per heavy atom. The highest BCUT2D eigenvalue weighted by molar-refractivity contribution is 5.74. The number of carboxylic acids is 3. The molecule has 7 fully saturated rings. The Labute approximate surface area is 438 Å². The minimum Gasteiger partial charge on any atom is -0.479 e. The third-order valence-electron chi connectivity index (χ3n) is 14.3. The van der Waals surface area contributed by atoms with Crippen LogP contribution in [0.3, 0.4) is 0 Å². The highest BCUT2D eigenvalue weighted by atomic mass is 16.8. The lowest BCUT2D eigenvalue weighted by molar-refractivity contribution is -0.405. The molecule has 35 atom stereocenters. The number of rotatable bonds is 16. The Kier molecular flexibility index (Phi) is 20.4. The van der Waals surface area contributed by atoms with E-state index < -0.39 is 239 Å². The largest absolute Gasteiger partial charge is 0.479 e. The first-order valence-electron chi connectivity index (χ1n) is 24.2. The van der Waals surface area contributed by atoms with Crippen molar-refractivity contribution in [1.29, 1.82) is 0 Å². The zero-order valence-corrected chi connectivity index (χ0v) is 40.9. The van der Waals surface area contributed by atoms with Crippen LogP contribution in [0.2, 0.25) is 0 Å². The fraction of sp³-hybridized carbons (Fsp3) is 0.929. The summed E-state index contributed by atoms with van der Waals surface area (Å²) in [6.45, 7) is 2.65. The van der Waals surface area contributed by atoms with E-state index in [4.69, 9.17) is 61.6 Å². The van der Waals surface area contributed by atoms with Gasteiger partial charge in [0.1, 0.15) is 134 Å². The number of aliphatic carboxylic acids is 3. The fourth-order valence-electron chi connectivity index (χ4n) is 9.73. The van der Waals surface area contributed by atoms with Gasteiger partial charge in [0, 0.05) is 0 Å². The smallest absolute Gasteiger partial charge is 0.335 e. The molecule has 7 saturated heterocycles. The Morgan fingerprint density at radius 1 is 0.308 bits per heavy atom. The Balaban J connectivity index is 1.13. The molecule has 0 aromatic heterocycles. The number of hydrogen-bond donors (Lipinski definition) is 20. The van der Waals surface area contributed by atoms with Gasteiger partial charge in [-0.05, 0) is 20.8 Å². The molecule has 20 N–H and O–H groups in total. The van der Waals surface area contributed by atoms with Gasteiger partial charge in [-0.25, -0.2) is 14.4 Å². The summed E-state index contributed by atoms with van der Waals surface area (Å²) in [5.41, 5.74) is 0. The zero-order valence-electron chi connectivity index (χ0n) is 40.9. The molecular formula is C42H66O36. The van der Waals surface area contributed by atoms with Crippen molar-refractivity contribution >= 4 is 17.9 Å². The van der Waals surface area contributed by atoms with Gasteiger partial charge in [-0.1, -0.05) is 0 Å². The van der Waals surface area contributed by atoms with Crippen molar-refractivity contribution < 1.29 is 178 Å². The molecule has 36 nitrogen and oxygen atoms in total. The molecule has 78 heavy (non-hydrogen) atoms. The van der Waals surface area contributed by atoms with Crippen molar-refractivity contribution in [1.82, 2.24) is 0 Å². The summed E-state index contributed by atoms with van der Waals surface area (Å²) in [4.78, 5) is 37.7. The van der Waals surface area contributed by atoms with Gasteiger partial charge < -0.3 is 164 Å². The van der Waals surface area contributed by atoms with E-state index in [0.717, 1.165) is 6.92 Å². The van der Waals surface area contributed by atoms with E-state index in [9.17, 15) is 117 Å². The van der Waals surface area contributed by atoms with E-state index in [0.29, 0.717) is 0 Å². The second kappa shape index (κ2) is 25.4. The summed E-state index contributed by atoms with van der Waals surface area (Å²) in [6, 6.07) is 0. The number of carboxylic acid groups (broad SMARTS) is 3. The normalized spacial score (nSPS) is 53.3. The molecule has 0 aliphatic carbocycles. The fourth-order valence-corrected chi connectivity index (χ4v) is 9.73. The highest BCUT2D eigenvalue weighted by Crippen LogP contribution is 2.39. The molecule has 7 heterocycles. The minimum atomic E-state index is -2.55. The Bertz CT molecular complexity index is 2010. The molecule has 0 amide bonds. The molecule has 0 aromatic rings. The van der Waals surface area contributed by atoms with Gasteiger partial charge in [-0.3, -0.25) is 0 Å². The van der Waals surface area contributed by atoms with E-state index in [1.807, 2.05) is 0 Å². The molecule has 0 radical (unpaired) electrons. The summed E-state index contributed by atoms with van der Waals surface area (Å²) < 4.78 is 72.1. The molecule has 7 rings (SSSR count). The number of aliphatic hydroxyl groups excluding tert-OH is 17. The van der Waals surface area contributed by atoms with Gasteiger partial charge in [-0.2, -0.15) is 0 Å². The van der Waals surface area contributed by atoms with E-state index in [2.05, 4.69) is 0 Å².